The molecule has 0 aromatic heterocycles. The normalized spacial score (nSPS) is 16.6. The van der Waals surface area contributed by atoms with Gasteiger partial charge in [-0.3, -0.25) is 4.79 Å². The van der Waals surface area contributed by atoms with E-state index in [1.54, 1.807) is 14.2 Å². The molecule has 0 bridgehead atoms. The fourth-order valence-electron chi connectivity index (χ4n) is 2.78. The maximum atomic E-state index is 12.4. The lowest BCUT2D eigenvalue weighted by atomic mass is 10.0. The summed E-state index contributed by atoms with van der Waals surface area (Å²) < 4.78 is 29.7. The van der Waals surface area contributed by atoms with Gasteiger partial charge in [-0.2, -0.15) is 0 Å². The number of carbonyl (C=O) groups is 1. The van der Waals surface area contributed by atoms with Crippen molar-refractivity contribution in [2.45, 2.75) is 25.3 Å². The van der Waals surface area contributed by atoms with Crippen LogP contribution >= 0.6 is 0 Å². The zero-order valence-electron chi connectivity index (χ0n) is 13.9. The molecule has 0 saturated carbocycles. The van der Waals surface area contributed by atoms with Crippen molar-refractivity contribution >= 4 is 15.9 Å². The lowest BCUT2D eigenvalue weighted by Crippen LogP contribution is -2.47. The zero-order chi connectivity index (χ0) is 17.0. The molecule has 1 aliphatic heterocycles. The van der Waals surface area contributed by atoms with Gasteiger partial charge in [-0.1, -0.05) is 12.1 Å². The molecule has 1 heterocycles. The van der Waals surface area contributed by atoms with Crippen LogP contribution in [0.4, 0.5) is 0 Å². The molecule has 0 radical (unpaired) electrons. The van der Waals surface area contributed by atoms with E-state index in [2.05, 4.69) is 0 Å². The van der Waals surface area contributed by atoms with Crippen LogP contribution in [0.15, 0.2) is 24.3 Å². The predicted molar refractivity (Wildman–Crippen MR) is 88.9 cm³/mol. The van der Waals surface area contributed by atoms with Crippen LogP contribution in [-0.4, -0.2) is 63.1 Å². The van der Waals surface area contributed by atoms with Crippen molar-refractivity contribution in [1.29, 1.82) is 0 Å². The van der Waals surface area contributed by atoms with Crippen molar-refractivity contribution in [3.63, 3.8) is 0 Å². The molecule has 0 spiro atoms. The van der Waals surface area contributed by atoms with E-state index in [0.717, 1.165) is 11.3 Å². The van der Waals surface area contributed by atoms with Crippen LogP contribution in [0.2, 0.25) is 0 Å². The van der Waals surface area contributed by atoms with Crippen molar-refractivity contribution < 1.29 is 17.9 Å². The fourth-order valence-corrected chi connectivity index (χ4v) is 3.53. The molecule has 2 rings (SSSR count). The van der Waals surface area contributed by atoms with Crippen molar-refractivity contribution in [2.75, 3.05) is 33.5 Å². The molecule has 0 aliphatic carbocycles. The van der Waals surface area contributed by atoms with Gasteiger partial charge >= 0.3 is 0 Å². The van der Waals surface area contributed by atoms with Gasteiger partial charge in [0.15, 0.2) is 0 Å². The molecule has 23 heavy (non-hydrogen) atoms. The highest BCUT2D eigenvalue weighted by Crippen LogP contribution is 2.19. The number of hydrogen-bond acceptors (Lipinski definition) is 4. The van der Waals surface area contributed by atoms with Crippen molar-refractivity contribution in [2.24, 2.45) is 0 Å². The zero-order valence-corrected chi connectivity index (χ0v) is 14.7. The Morgan fingerprint density at radius 1 is 1.26 bits per heavy atom. The Kier molecular flexibility index (Phi) is 5.64. The molecule has 0 unspecified atom stereocenters. The third kappa shape index (κ3) is 4.68. The Labute approximate surface area is 138 Å². The maximum absolute atomic E-state index is 12.4. The lowest BCUT2D eigenvalue weighted by molar-refractivity contribution is -0.131. The number of amides is 1. The molecule has 1 amide bonds. The van der Waals surface area contributed by atoms with E-state index in [4.69, 9.17) is 4.74 Å². The molecule has 128 valence electrons. The minimum absolute atomic E-state index is 0.0185. The molecule has 1 aromatic carbocycles. The quantitative estimate of drug-likeness (QED) is 0.806. The minimum atomic E-state index is -3.18. The van der Waals surface area contributed by atoms with Gasteiger partial charge in [0, 0.05) is 26.2 Å². The van der Waals surface area contributed by atoms with Crippen LogP contribution in [-0.2, 0) is 21.2 Å². The van der Waals surface area contributed by atoms with E-state index in [1.807, 2.05) is 29.2 Å². The van der Waals surface area contributed by atoms with Crippen LogP contribution in [0.25, 0.3) is 0 Å². The first-order valence-electron chi connectivity index (χ1n) is 7.65. The van der Waals surface area contributed by atoms with Crippen LogP contribution in [0, 0.1) is 0 Å². The monoisotopic (exact) mass is 340 g/mol. The van der Waals surface area contributed by atoms with Gasteiger partial charge in [-0.15, -0.1) is 0 Å². The largest absolute Gasteiger partial charge is 0.497 e. The average molecular weight is 340 g/mol. The molecular formula is C16H24N2O4S. The van der Waals surface area contributed by atoms with E-state index in [1.165, 1.54) is 10.6 Å². The number of likely N-dealkylation sites (tertiary alicyclic amines) is 1. The van der Waals surface area contributed by atoms with Gasteiger partial charge in [-0.05, 0) is 30.5 Å². The molecular weight excluding hydrogens is 316 g/mol. The Morgan fingerprint density at radius 2 is 1.83 bits per heavy atom. The first kappa shape index (κ1) is 17.7. The molecule has 7 heteroatoms. The highest BCUT2D eigenvalue weighted by molar-refractivity contribution is 7.88. The third-order valence-electron chi connectivity index (χ3n) is 4.37. The lowest BCUT2D eigenvalue weighted by Gasteiger charge is -2.35. The van der Waals surface area contributed by atoms with Crippen LogP contribution in [0.3, 0.4) is 0 Å². The summed E-state index contributed by atoms with van der Waals surface area (Å²) in [7, 11) is 0.0376. The number of sulfonamides is 1. The summed E-state index contributed by atoms with van der Waals surface area (Å²) in [5, 5.41) is 0. The Balaban J connectivity index is 1.88. The molecule has 6 nitrogen and oxygen atoms in total. The Hall–Kier alpha value is -1.60. The van der Waals surface area contributed by atoms with Gasteiger partial charge in [0.1, 0.15) is 5.75 Å². The predicted octanol–water partition coefficient (Wildman–Crippen LogP) is 1.12. The van der Waals surface area contributed by atoms with E-state index in [-0.39, 0.29) is 11.9 Å². The number of carbonyl (C=O) groups excluding carboxylic acids is 1. The summed E-state index contributed by atoms with van der Waals surface area (Å²) in [6.45, 7) is 1.19. The number of rotatable bonds is 5. The van der Waals surface area contributed by atoms with Gasteiger partial charge in [0.25, 0.3) is 0 Å². The van der Waals surface area contributed by atoms with Gasteiger partial charge in [0.2, 0.25) is 15.9 Å². The SMILES string of the molecule is COc1ccc(CC(=O)N2CCC(N(C)S(C)(=O)=O)CC2)cc1. The number of benzene rings is 1. The summed E-state index contributed by atoms with van der Waals surface area (Å²) in [5.41, 5.74) is 0.950. The van der Waals surface area contributed by atoms with E-state index in [0.29, 0.717) is 32.4 Å². The smallest absolute Gasteiger partial charge is 0.226 e. The van der Waals surface area contributed by atoms with Gasteiger partial charge < -0.3 is 9.64 Å². The maximum Gasteiger partial charge on any atom is 0.226 e. The molecule has 1 aromatic rings. The van der Waals surface area contributed by atoms with E-state index >= 15 is 0 Å². The Bertz CT molecular complexity index is 635. The summed E-state index contributed by atoms with van der Waals surface area (Å²) in [6.07, 6.45) is 2.93. The summed E-state index contributed by atoms with van der Waals surface area (Å²) in [6, 6.07) is 7.45. The second-order valence-electron chi connectivity index (χ2n) is 5.92. The summed E-state index contributed by atoms with van der Waals surface area (Å²) in [4.78, 5) is 14.2. The number of methoxy groups -OCH3 is 1. The molecule has 1 fully saturated rings. The molecule has 0 N–H and O–H groups in total. The van der Waals surface area contributed by atoms with Crippen molar-refractivity contribution in [3.05, 3.63) is 29.8 Å². The standard InChI is InChI=1S/C16H24N2O4S/c1-17(23(3,20)21)14-8-10-18(11-9-14)16(19)12-13-4-6-15(22-2)7-5-13/h4-7,14H,8-12H2,1-3H3. The Morgan fingerprint density at radius 3 is 2.30 bits per heavy atom. The minimum Gasteiger partial charge on any atom is -0.497 e. The van der Waals surface area contributed by atoms with Crippen LogP contribution < -0.4 is 4.74 Å². The topological polar surface area (TPSA) is 66.9 Å². The number of piperidine rings is 1. The second kappa shape index (κ2) is 7.31. The number of ether oxygens (including phenoxy) is 1. The summed E-state index contributed by atoms with van der Waals surface area (Å²) in [5.74, 6) is 0.849. The van der Waals surface area contributed by atoms with Crippen LogP contribution in [0.1, 0.15) is 18.4 Å². The van der Waals surface area contributed by atoms with E-state index < -0.39 is 10.0 Å². The first-order chi connectivity index (χ1) is 10.8. The third-order valence-corrected chi connectivity index (χ3v) is 5.71. The number of hydrogen-bond donors (Lipinski definition) is 0. The highest BCUT2D eigenvalue weighted by Gasteiger charge is 2.28. The fraction of sp³-hybridized carbons (Fsp3) is 0.562. The van der Waals surface area contributed by atoms with Crippen LogP contribution in [0.5, 0.6) is 5.75 Å². The van der Waals surface area contributed by atoms with Crippen molar-refractivity contribution in [1.82, 2.24) is 9.21 Å². The number of nitrogens with zero attached hydrogens (tertiary/aromatic N) is 2. The molecule has 0 atom stereocenters. The first-order valence-corrected chi connectivity index (χ1v) is 9.50. The highest BCUT2D eigenvalue weighted by atomic mass is 32.2. The average Bonchev–Trinajstić information content (AvgIpc) is 2.54. The summed E-state index contributed by atoms with van der Waals surface area (Å²) >= 11 is 0. The van der Waals surface area contributed by atoms with Crippen molar-refractivity contribution in [3.8, 4) is 5.75 Å². The molecule has 1 aliphatic rings. The van der Waals surface area contributed by atoms with Gasteiger partial charge in [0.05, 0.1) is 19.8 Å². The van der Waals surface area contributed by atoms with Gasteiger partial charge in [-0.25, -0.2) is 12.7 Å². The van der Waals surface area contributed by atoms with E-state index in [9.17, 15) is 13.2 Å². The second-order valence-corrected chi connectivity index (χ2v) is 7.96. The molecule has 1 saturated heterocycles.